The normalized spacial score (nSPS) is 11.9. The second kappa shape index (κ2) is 7.10. The molecular weight excluding hydrogens is 256 g/mol. The first-order valence-electron chi connectivity index (χ1n) is 5.42. The van der Waals surface area contributed by atoms with Gasteiger partial charge < -0.3 is 13.9 Å². The maximum atomic E-state index is 11.2. The minimum atomic E-state index is -0.492. The third-order valence-electron chi connectivity index (χ3n) is 2.24. The van der Waals surface area contributed by atoms with Crippen LogP contribution in [0.3, 0.4) is 0 Å². The summed E-state index contributed by atoms with van der Waals surface area (Å²) < 4.78 is 14.4. The first-order chi connectivity index (χ1) is 8.56. The van der Waals surface area contributed by atoms with Crippen LogP contribution in [0, 0.1) is 0 Å². The summed E-state index contributed by atoms with van der Waals surface area (Å²) in [6, 6.07) is 3.30. The van der Waals surface area contributed by atoms with Gasteiger partial charge in [-0.2, -0.15) is 11.8 Å². The molecule has 0 saturated carbocycles. The predicted octanol–water partition coefficient (Wildman–Crippen LogP) is 2.25. The molecule has 0 fully saturated rings. The minimum absolute atomic E-state index is 0.129. The lowest BCUT2D eigenvalue weighted by Gasteiger charge is -2.08. The highest BCUT2D eigenvalue weighted by Gasteiger charge is 2.13. The molecule has 0 spiro atoms. The third kappa shape index (κ3) is 4.44. The fourth-order valence-corrected chi connectivity index (χ4v) is 2.13. The topological polar surface area (TPSA) is 65.7 Å². The Hall–Kier alpha value is -1.43. The third-order valence-corrected chi connectivity index (χ3v) is 3.43. The standard InChI is InChI=1S/C12H16O5S/c1-8(6-11(13)15-2)18-7-9-4-5-10(17-9)12(14)16-3/h4-5,8H,6-7H2,1-3H3. The van der Waals surface area contributed by atoms with E-state index in [0.717, 1.165) is 0 Å². The molecule has 100 valence electrons. The lowest BCUT2D eigenvalue weighted by molar-refractivity contribution is -0.140. The summed E-state index contributed by atoms with van der Waals surface area (Å²) in [6.07, 6.45) is 0.353. The highest BCUT2D eigenvalue weighted by molar-refractivity contribution is 7.99. The zero-order chi connectivity index (χ0) is 13.5. The van der Waals surface area contributed by atoms with Crippen molar-refractivity contribution in [2.75, 3.05) is 14.2 Å². The Kier molecular flexibility index (Phi) is 5.77. The summed E-state index contributed by atoms with van der Waals surface area (Å²) in [5.41, 5.74) is 0. The van der Waals surface area contributed by atoms with Gasteiger partial charge in [0.15, 0.2) is 0 Å². The number of carbonyl (C=O) groups excluding carboxylic acids is 2. The number of methoxy groups -OCH3 is 2. The van der Waals surface area contributed by atoms with Crippen molar-refractivity contribution in [1.82, 2.24) is 0 Å². The first-order valence-corrected chi connectivity index (χ1v) is 6.47. The Morgan fingerprint density at radius 2 is 2.06 bits per heavy atom. The van der Waals surface area contributed by atoms with Crippen LogP contribution in [0.5, 0.6) is 0 Å². The van der Waals surface area contributed by atoms with E-state index in [1.54, 1.807) is 23.9 Å². The van der Waals surface area contributed by atoms with Crippen molar-refractivity contribution >= 4 is 23.7 Å². The fourth-order valence-electron chi connectivity index (χ4n) is 1.27. The Labute approximate surface area is 110 Å². The van der Waals surface area contributed by atoms with E-state index in [1.165, 1.54) is 14.2 Å². The summed E-state index contributed by atoms with van der Waals surface area (Å²) in [5.74, 6) is 0.735. The van der Waals surface area contributed by atoms with Gasteiger partial charge in [0.25, 0.3) is 0 Å². The number of rotatable bonds is 6. The summed E-state index contributed by atoms with van der Waals surface area (Å²) >= 11 is 1.56. The number of esters is 2. The van der Waals surface area contributed by atoms with Crippen molar-refractivity contribution in [2.45, 2.75) is 24.3 Å². The molecule has 1 aromatic rings. The monoisotopic (exact) mass is 272 g/mol. The number of ether oxygens (including phenoxy) is 2. The number of hydrogen-bond donors (Lipinski definition) is 0. The second-order valence-corrected chi connectivity index (χ2v) is 5.09. The molecule has 1 rings (SSSR count). The molecule has 1 aromatic heterocycles. The van der Waals surface area contributed by atoms with E-state index in [2.05, 4.69) is 9.47 Å². The Morgan fingerprint density at radius 1 is 1.33 bits per heavy atom. The smallest absolute Gasteiger partial charge is 0.373 e. The quantitative estimate of drug-likeness (QED) is 0.740. The van der Waals surface area contributed by atoms with Crippen LogP contribution in [0.4, 0.5) is 0 Å². The van der Waals surface area contributed by atoms with Crippen LogP contribution in [0.25, 0.3) is 0 Å². The van der Waals surface area contributed by atoms with Crippen molar-refractivity contribution in [3.8, 4) is 0 Å². The molecule has 0 aromatic carbocycles. The first kappa shape index (κ1) is 14.6. The highest BCUT2D eigenvalue weighted by Crippen LogP contribution is 2.22. The fraction of sp³-hybridized carbons (Fsp3) is 0.500. The van der Waals surface area contributed by atoms with Gasteiger partial charge in [-0.15, -0.1) is 0 Å². The van der Waals surface area contributed by atoms with Crippen molar-refractivity contribution in [3.63, 3.8) is 0 Å². The van der Waals surface area contributed by atoms with Crippen LogP contribution in [0.1, 0.15) is 29.7 Å². The van der Waals surface area contributed by atoms with E-state index >= 15 is 0 Å². The largest absolute Gasteiger partial charge is 0.469 e. The molecule has 0 bridgehead atoms. The highest BCUT2D eigenvalue weighted by atomic mass is 32.2. The van der Waals surface area contributed by atoms with Crippen molar-refractivity contribution in [3.05, 3.63) is 23.7 Å². The molecule has 1 atom stereocenters. The Bertz CT molecular complexity index is 412. The summed E-state index contributed by atoms with van der Waals surface area (Å²) in [4.78, 5) is 22.2. The van der Waals surface area contributed by atoms with Gasteiger partial charge in [-0.1, -0.05) is 6.92 Å². The second-order valence-electron chi connectivity index (χ2n) is 3.66. The van der Waals surface area contributed by atoms with Crippen molar-refractivity contribution < 1.29 is 23.5 Å². The van der Waals surface area contributed by atoms with Crippen molar-refractivity contribution in [1.29, 1.82) is 0 Å². The zero-order valence-electron chi connectivity index (χ0n) is 10.6. The predicted molar refractivity (Wildman–Crippen MR) is 67.4 cm³/mol. The van der Waals surface area contributed by atoms with E-state index in [4.69, 9.17) is 4.42 Å². The average molecular weight is 272 g/mol. The lowest BCUT2D eigenvalue weighted by atomic mass is 10.3. The van der Waals surface area contributed by atoms with Gasteiger partial charge in [-0.05, 0) is 12.1 Å². The van der Waals surface area contributed by atoms with Gasteiger partial charge in [-0.3, -0.25) is 4.79 Å². The number of hydrogen-bond acceptors (Lipinski definition) is 6. The van der Waals surface area contributed by atoms with E-state index in [9.17, 15) is 9.59 Å². The molecule has 6 heteroatoms. The molecule has 1 heterocycles. The molecular formula is C12H16O5S. The SMILES string of the molecule is COC(=O)CC(C)SCc1ccc(C(=O)OC)o1. The molecule has 1 unspecified atom stereocenters. The average Bonchev–Trinajstić information content (AvgIpc) is 2.84. The maximum absolute atomic E-state index is 11.2. The molecule has 5 nitrogen and oxygen atoms in total. The van der Waals surface area contributed by atoms with Gasteiger partial charge >= 0.3 is 11.9 Å². The van der Waals surface area contributed by atoms with Gasteiger partial charge in [-0.25, -0.2) is 4.79 Å². The van der Waals surface area contributed by atoms with E-state index in [1.807, 2.05) is 6.92 Å². The number of carbonyl (C=O) groups is 2. The Balaban J connectivity index is 2.41. The molecule has 0 aliphatic rings. The van der Waals surface area contributed by atoms with E-state index in [0.29, 0.717) is 17.9 Å². The van der Waals surface area contributed by atoms with Crippen LogP contribution >= 0.6 is 11.8 Å². The van der Waals surface area contributed by atoms with Crippen molar-refractivity contribution in [2.24, 2.45) is 0 Å². The number of furan rings is 1. The van der Waals surface area contributed by atoms with Crippen LogP contribution in [0.15, 0.2) is 16.5 Å². The summed E-state index contributed by atoms with van der Waals surface area (Å²) in [5, 5.41) is 0.129. The molecule has 0 aliphatic carbocycles. The molecule has 0 radical (unpaired) electrons. The van der Waals surface area contributed by atoms with Gasteiger partial charge in [0, 0.05) is 5.25 Å². The minimum Gasteiger partial charge on any atom is -0.469 e. The van der Waals surface area contributed by atoms with Gasteiger partial charge in [0.1, 0.15) is 5.76 Å². The summed E-state index contributed by atoms with van der Waals surface area (Å²) in [6.45, 7) is 1.94. The molecule has 0 aliphatic heterocycles. The van der Waals surface area contributed by atoms with Crippen LogP contribution in [0.2, 0.25) is 0 Å². The lowest BCUT2D eigenvalue weighted by Crippen LogP contribution is -2.08. The van der Waals surface area contributed by atoms with E-state index < -0.39 is 5.97 Å². The summed E-state index contributed by atoms with van der Waals surface area (Å²) in [7, 11) is 2.67. The van der Waals surface area contributed by atoms with Crippen LogP contribution in [-0.2, 0) is 20.0 Å². The van der Waals surface area contributed by atoms with Crippen LogP contribution in [-0.4, -0.2) is 31.4 Å². The van der Waals surface area contributed by atoms with E-state index in [-0.39, 0.29) is 17.0 Å². The molecule has 0 saturated heterocycles. The zero-order valence-corrected chi connectivity index (χ0v) is 11.4. The maximum Gasteiger partial charge on any atom is 0.373 e. The molecule has 0 amide bonds. The molecule has 0 N–H and O–H groups in total. The number of thioether (sulfide) groups is 1. The van der Waals surface area contributed by atoms with Crippen LogP contribution < -0.4 is 0 Å². The Morgan fingerprint density at radius 3 is 2.67 bits per heavy atom. The molecule has 18 heavy (non-hydrogen) atoms. The van der Waals surface area contributed by atoms with Gasteiger partial charge in [0.05, 0.1) is 26.4 Å². The van der Waals surface area contributed by atoms with Gasteiger partial charge in [0.2, 0.25) is 5.76 Å².